The summed E-state index contributed by atoms with van der Waals surface area (Å²) in [5.74, 6) is -1.22. The number of fused-ring (bicyclic) bond motifs is 1. The number of carbonyl (C=O) groups excluding carboxylic acids is 2. The van der Waals surface area contributed by atoms with Gasteiger partial charge < -0.3 is 10.1 Å². The molecule has 7 nitrogen and oxygen atoms in total. The number of hydrogen-bond acceptors (Lipinski definition) is 5. The molecular formula is C22H23N3O4. The van der Waals surface area contributed by atoms with Crippen LogP contribution >= 0.6 is 0 Å². The molecule has 0 fully saturated rings. The van der Waals surface area contributed by atoms with Crippen LogP contribution in [0, 0.1) is 0 Å². The predicted octanol–water partition coefficient (Wildman–Crippen LogP) is 3.03. The Bertz CT molecular complexity index is 1140. The molecule has 1 N–H and O–H groups in total. The Hall–Kier alpha value is -3.48. The van der Waals surface area contributed by atoms with E-state index in [-0.39, 0.29) is 16.7 Å². The minimum absolute atomic E-state index is 0.00871. The highest BCUT2D eigenvalue weighted by Crippen LogP contribution is 2.29. The first-order chi connectivity index (χ1) is 13.7. The van der Waals surface area contributed by atoms with E-state index in [0.29, 0.717) is 16.5 Å². The molecule has 0 aliphatic rings. The number of para-hydroxylation sites is 1. The monoisotopic (exact) mass is 393 g/mol. The maximum Gasteiger partial charge on any atom is 0.359 e. The third kappa shape index (κ3) is 4.34. The van der Waals surface area contributed by atoms with E-state index in [9.17, 15) is 14.4 Å². The highest BCUT2D eigenvalue weighted by Gasteiger charge is 2.20. The number of amides is 1. The van der Waals surface area contributed by atoms with Crippen molar-refractivity contribution < 1.29 is 14.3 Å². The average molecular weight is 393 g/mol. The number of hydrogen-bond donors (Lipinski definition) is 1. The molecule has 0 saturated heterocycles. The molecular weight excluding hydrogens is 370 g/mol. The van der Waals surface area contributed by atoms with Gasteiger partial charge in [-0.15, -0.1) is 0 Å². The Morgan fingerprint density at radius 3 is 2.34 bits per heavy atom. The lowest BCUT2D eigenvalue weighted by Gasteiger charge is -2.22. The van der Waals surface area contributed by atoms with E-state index in [0.717, 1.165) is 10.2 Å². The van der Waals surface area contributed by atoms with Crippen molar-refractivity contribution in [2.45, 2.75) is 26.2 Å². The topological polar surface area (TPSA) is 90.3 Å². The lowest BCUT2D eigenvalue weighted by atomic mass is 9.86. The molecule has 0 saturated carbocycles. The van der Waals surface area contributed by atoms with Gasteiger partial charge in [-0.2, -0.15) is 5.10 Å². The highest BCUT2D eigenvalue weighted by molar-refractivity contribution is 6.03. The summed E-state index contributed by atoms with van der Waals surface area (Å²) in [5.41, 5.74) is 1.18. The van der Waals surface area contributed by atoms with Crippen LogP contribution in [0.3, 0.4) is 0 Å². The largest absolute Gasteiger partial charge is 0.451 e. The van der Waals surface area contributed by atoms with Gasteiger partial charge in [-0.1, -0.05) is 57.2 Å². The molecule has 3 rings (SSSR count). The lowest BCUT2D eigenvalue weighted by molar-refractivity contribution is -0.119. The molecule has 7 heteroatoms. The first kappa shape index (κ1) is 20.3. The number of nitrogens with zero attached hydrogens (tertiary/aromatic N) is 2. The van der Waals surface area contributed by atoms with Crippen molar-refractivity contribution in [2.75, 3.05) is 11.9 Å². The second kappa shape index (κ2) is 7.87. The standard InChI is InChI=1S/C22H23N3O4/c1-22(2,3)16-11-7-8-12-17(16)23-18(26)13-29-21(28)19-14-9-5-6-10-15(14)20(27)25(4)24-19/h5-12H,13H2,1-4H3,(H,23,26). The van der Waals surface area contributed by atoms with Gasteiger partial charge in [-0.3, -0.25) is 9.59 Å². The number of aromatic nitrogens is 2. The van der Waals surface area contributed by atoms with Gasteiger partial charge in [0.05, 0.1) is 5.39 Å². The van der Waals surface area contributed by atoms with Crippen molar-refractivity contribution in [1.82, 2.24) is 9.78 Å². The molecule has 1 heterocycles. The number of benzene rings is 2. The fourth-order valence-electron chi connectivity index (χ4n) is 3.08. The van der Waals surface area contributed by atoms with Gasteiger partial charge in [0.25, 0.3) is 11.5 Å². The maximum absolute atomic E-state index is 12.5. The van der Waals surface area contributed by atoms with Crippen LogP contribution in [-0.2, 0) is 22.0 Å². The number of aryl methyl sites for hydroxylation is 1. The third-order valence-corrected chi connectivity index (χ3v) is 4.49. The summed E-state index contributed by atoms with van der Waals surface area (Å²) >= 11 is 0. The first-order valence-electron chi connectivity index (χ1n) is 9.21. The predicted molar refractivity (Wildman–Crippen MR) is 111 cm³/mol. The Kier molecular flexibility index (Phi) is 5.50. The quantitative estimate of drug-likeness (QED) is 0.688. The molecule has 0 bridgehead atoms. The van der Waals surface area contributed by atoms with Gasteiger partial charge in [0.1, 0.15) is 0 Å². The van der Waals surface area contributed by atoms with Gasteiger partial charge in [-0.25, -0.2) is 9.48 Å². The zero-order valence-electron chi connectivity index (χ0n) is 16.9. The van der Waals surface area contributed by atoms with Crippen molar-refractivity contribution in [1.29, 1.82) is 0 Å². The van der Waals surface area contributed by atoms with E-state index in [4.69, 9.17) is 4.74 Å². The Balaban J connectivity index is 1.76. The van der Waals surface area contributed by atoms with Crippen LogP contribution in [0.15, 0.2) is 53.3 Å². The Labute approximate surface area is 168 Å². The number of carbonyl (C=O) groups is 2. The summed E-state index contributed by atoms with van der Waals surface area (Å²) in [6.07, 6.45) is 0. The first-order valence-corrected chi connectivity index (χ1v) is 9.21. The normalized spacial score (nSPS) is 11.3. The molecule has 2 aromatic carbocycles. The average Bonchev–Trinajstić information content (AvgIpc) is 2.68. The van der Waals surface area contributed by atoms with E-state index >= 15 is 0 Å². The van der Waals surface area contributed by atoms with Crippen LogP contribution in [-0.4, -0.2) is 28.3 Å². The summed E-state index contributed by atoms with van der Waals surface area (Å²) in [6, 6.07) is 14.1. The van der Waals surface area contributed by atoms with Gasteiger partial charge >= 0.3 is 5.97 Å². The minimum Gasteiger partial charge on any atom is -0.451 e. The molecule has 0 unspecified atom stereocenters. The van der Waals surface area contributed by atoms with Crippen LogP contribution in [0.4, 0.5) is 5.69 Å². The molecule has 1 aromatic heterocycles. The van der Waals surface area contributed by atoms with Crippen molar-refractivity contribution in [3.8, 4) is 0 Å². The number of esters is 1. The number of anilines is 1. The van der Waals surface area contributed by atoms with Crippen LogP contribution in [0.1, 0.15) is 36.8 Å². The lowest BCUT2D eigenvalue weighted by Crippen LogP contribution is -2.26. The van der Waals surface area contributed by atoms with Crippen LogP contribution in [0.25, 0.3) is 10.8 Å². The van der Waals surface area contributed by atoms with Crippen LogP contribution in [0.5, 0.6) is 0 Å². The molecule has 0 spiro atoms. The van der Waals surface area contributed by atoms with Crippen molar-refractivity contribution in [3.05, 3.63) is 70.1 Å². The highest BCUT2D eigenvalue weighted by atomic mass is 16.5. The molecule has 0 radical (unpaired) electrons. The molecule has 0 atom stereocenters. The van der Waals surface area contributed by atoms with Crippen LogP contribution < -0.4 is 10.9 Å². The van der Waals surface area contributed by atoms with E-state index in [1.54, 1.807) is 24.3 Å². The summed E-state index contributed by atoms with van der Waals surface area (Å²) in [5, 5.41) is 7.55. The third-order valence-electron chi connectivity index (χ3n) is 4.49. The van der Waals surface area contributed by atoms with E-state index in [1.807, 2.05) is 24.3 Å². The van der Waals surface area contributed by atoms with Gasteiger partial charge in [-0.05, 0) is 23.1 Å². The van der Waals surface area contributed by atoms with Crippen LogP contribution in [0.2, 0.25) is 0 Å². The second-order valence-electron chi connectivity index (χ2n) is 7.74. The van der Waals surface area contributed by atoms with Crippen molar-refractivity contribution in [3.63, 3.8) is 0 Å². The fraction of sp³-hybridized carbons (Fsp3) is 0.273. The SMILES string of the molecule is Cn1nc(C(=O)OCC(=O)Nc2ccccc2C(C)(C)C)c2ccccc2c1=O. The van der Waals surface area contributed by atoms with E-state index in [2.05, 4.69) is 31.2 Å². The molecule has 1 amide bonds. The van der Waals surface area contributed by atoms with E-state index < -0.39 is 18.5 Å². The van der Waals surface area contributed by atoms with Crippen molar-refractivity contribution in [2.24, 2.45) is 7.05 Å². The van der Waals surface area contributed by atoms with Gasteiger partial charge in [0.15, 0.2) is 12.3 Å². The zero-order chi connectivity index (χ0) is 21.2. The summed E-state index contributed by atoms with van der Waals surface area (Å²) in [7, 11) is 1.46. The molecule has 150 valence electrons. The summed E-state index contributed by atoms with van der Waals surface area (Å²) < 4.78 is 6.24. The maximum atomic E-state index is 12.5. The number of ether oxygens (including phenoxy) is 1. The Morgan fingerprint density at radius 2 is 1.66 bits per heavy atom. The van der Waals surface area contributed by atoms with Crippen molar-refractivity contribution >= 4 is 28.3 Å². The van der Waals surface area contributed by atoms with E-state index in [1.165, 1.54) is 7.05 Å². The minimum atomic E-state index is -0.768. The van der Waals surface area contributed by atoms with Gasteiger partial charge in [0, 0.05) is 18.1 Å². The fourth-order valence-corrected chi connectivity index (χ4v) is 3.08. The smallest absolute Gasteiger partial charge is 0.359 e. The summed E-state index contributed by atoms with van der Waals surface area (Å²) in [6.45, 7) is 5.69. The molecule has 0 aliphatic heterocycles. The molecule has 3 aromatic rings. The molecule has 0 aliphatic carbocycles. The Morgan fingerprint density at radius 1 is 1.03 bits per heavy atom. The second-order valence-corrected chi connectivity index (χ2v) is 7.74. The molecule has 29 heavy (non-hydrogen) atoms. The summed E-state index contributed by atoms with van der Waals surface area (Å²) in [4.78, 5) is 37.0. The number of rotatable bonds is 4. The van der Waals surface area contributed by atoms with Gasteiger partial charge in [0.2, 0.25) is 0 Å². The number of nitrogens with one attached hydrogen (secondary N) is 1. The zero-order valence-corrected chi connectivity index (χ0v) is 16.9.